The minimum Gasteiger partial charge on any atom is -0.381 e. The number of nitrogens with zero attached hydrogens (tertiary/aromatic N) is 3. The van der Waals surface area contributed by atoms with E-state index in [1.807, 2.05) is 35.9 Å². The summed E-state index contributed by atoms with van der Waals surface area (Å²) in [7, 11) is 0. The fraction of sp³-hybridized carbons (Fsp3) is 0.125. The molecule has 0 radical (unpaired) electrons. The Balaban J connectivity index is 0.000000452. The van der Waals surface area contributed by atoms with Crippen molar-refractivity contribution in [2.45, 2.75) is 13.8 Å². The number of anilines is 1. The van der Waals surface area contributed by atoms with Gasteiger partial charge in [-0.2, -0.15) is 0 Å². The largest absolute Gasteiger partial charge is 0.381 e. The van der Waals surface area contributed by atoms with E-state index in [2.05, 4.69) is 35.6 Å². The van der Waals surface area contributed by atoms with Gasteiger partial charge >= 0.3 is 0 Å². The van der Waals surface area contributed by atoms with Crippen LogP contribution in [0.5, 0.6) is 0 Å². The van der Waals surface area contributed by atoms with Crippen LogP contribution >= 0.6 is 0 Å². The Morgan fingerprint density at radius 3 is 2.80 bits per heavy atom. The van der Waals surface area contributed by atoms with Crippen molar-refractivity contribution in [3.05, 3.63) is 61.1 Å². The molecule has 3 rings (SSSR count). The molecular formula is C16H18N4. The van der Waals surface area contributed by atoms with E-state index in [9.17, 15) is 0 Å². The van der Waals surface area contributed by atoms with Gasteiger partial charge in [-0.15, -0.1) is 6.58 Å². The molecule has 2 aromatic heterocycles. The van der Waals surface area contributed by atoms with Crippen molar-refractivity contribution in [3.63, 3.8) is 0 Å². The first kappa shape index (κ1) is 13.8. The highest BCUT2D eigenvalue weighted by atomic mass is 15.0. The molecule has 20 heavy (non-hydrogen) atoms. The van der Waals surface area contributed by atoms with Crippen LogP contribution in [0.4, 0.5) is 5.82 Å². The molecule has 4 nitrogen and oxygen atoms in total. The predicted octanol–water partition coefficient (Wildman–Crippen LogP) is 3.48. The minimum atomic E-state index is 0.453. The lowest BCUT2D eigenvalue weighted by Crippen LogP contribution is -1.98. The van der Waals surface area contributed by atoms with Crippen LogP contribution in [-0.4, -0.2) is 14.4 Å². The maximum Gasteiger partial charge on any atom is 0.179 e. The van der Waals surface area contributed by atoms with Crippen LogP contribution in [0, 0.1) is 6.92 Å². The van der Waals surface area contributed by atoms with E-state index in [4.69, 9.17) is 5.73 Å². The van der Waals surface area contributed by atoms with Gasteiger partial charge in [0.2, 0.25) is 0 Å². The molecule has 0 aliphatic heterocycles. The zero-order chi connectivity index (χ0) is 14.5. The molecule has 0 spiro atoms. The third kappa shape index (κ3) is 2.85. The number of fused-ring (bicyclic) bond motifs is 1. The SMILES string of the molecule is C=CC.Cc1cccc(-c2cn3ccnc3c(N)n2)c1. The number of nitrogen functional groups attached to an aromatic ring is 1. The number of hydrogen-bond donors (Lipinski definition) is 1. The molecule has 0 saturated heterocycles. The number of imidazole rings is 1. The highest BCUT2D eigenvalue weighted by Gasteiger charge is 2.06. The Hall–Kier alpha value is -2.62. The smallest absolute Gasteiger partial charge is 0.179 e. The fourth-order valence-corrected chi connectivity index (χ4v) is 1.90. The average molecular weight is 266 g/mol. The van der Waals surface area contributed by atoms with Crippen molar-refractivity contribution in [2.24, 2.45) is 0 Å². The summed E-state index contributed by atoms with van der Waals surface area (Å²) >= 11 is 0. The van der Waals surface area contributed by atoms with Crippen molar-refractivity contribution in [2.75, 3.05) is 5.73 Å². The highest BCUT2D eigenvalue weighted by molar-refractivity contribution is 5.67. The van der Waals surface area contributed by atoms with Crippen molar-refractivity contribution >= 4 is 11.5 Å². The second kappa shape index (κ2) is 6.02. The molecule has 2 N–H and O–H groups in total. The van der Waals surface area contributed by atoms with E-state index < -0.39 is 0 Å². The van der Waals surface area contributed by atoms with Gasteiger partial charge in [0.15, 0.2) is 11.5 Å². The molecule has 0 bridgehead atoms. The third-order valence-electron chi connectivity index (χ3n) is 2.71. The highest BCUT2D eigenvalue weighted by Crippen LogP contribution is 2.20. The number of allylic oxidation sites excluding steroid dienone is 1. The molecule has 0 atom stereocenters. The summed E-state index contributed by atoms with van der Waals surface area (Å²) in [5.74, 6) is 0.453. The molecule has 0 fully saturated rings. The zero-order valence-electron chi connectivity index (χ0n) is 11.7. The molecule has 3 aromatic rings. The zero-order valence-corrected chi connectivity index (χ0v) is 11.7. The monoisotopic (exact) mass is 266 g/mol. The lowest BCUT2D eigenvalue weighted by Gasteiger charge is -2.05. The second-order valence-electron chi connectivity index (χ2n) is 4.45. The van der Waals surface area contributed by atoms with E-state index in [0.717, 1.165) is 11.3 Å². The summed E-state index contributed by atoms with van der Waals surface area (Å²) in [5.41, 5.74) is 9.70. The van der Waals surface area contributed by atoms with Gasteiger partial charge in [-0.05, 0) is 19.9 Å². The van der Waals surface area contributed by atoms with E-state index in [1.54, 1.807) is 12.3 Å². The summed E-state index contributed by atoms with van der Waals surface area (Å²) in [4.78, 5) is 8.53. The maximum atomic E-state index is 5.88. The lowest BCUT2D eigenvalue weighted by molar-refractivity contribution is 1.14. The van der Waals surface area contributed by atoms with Crippen molar-refractivity contribution in [3.8, 4) is 11.3 Å². The Morgan fingerprint density at radius 2 is 2.10 bits per heavy atom. The van der Waals surface area contributed by atoms with Crippen LogP contribution in [0.1, 0.15) is 12.5 Å². The molecule has 0 amide bonds. The summed E-state index contributed by atoms with van der Waals surface area (Å²) in [6.07, 6.45) is 7.27. The van der Waals surface area contributed by atoms with Crippen LogP contribution in [-0.2, 0) is 0 Å². The van der Waals surface area contributed by atoms with E-state index in [-0.39, 0.29) is 0 Å². The average Bonchev–Trinajstić information content (AvgIpc) is 2.88. The van der Waals surface area contributed by atoms with Gasteiger partial charge < -0.3 is 10.1 Å². The van der Waals surface area contributed by atoms with E-state index in [0.29, 0.717) is 11.5 Å². The minimum absolute atomic E-state index is 0.453. The molecule has 102 valence electrons. The molecule has 1 aromatic carbocycles. The van der Waals surface area contributed by atoms with Gasteiger partial charge in [-0.3, -0.25) is 0 Å². The maximum absolute atomic E-state index is 5.88. The first-order chi connectivity index (χ1) is 9.65. The van der Waals surface area contributed by atoms with Crippen LogP contribution in [0.25, 0.3) is 16.9 Å². The lowest BCUT2D eigenvalue weighted by atomic mass is 10.1. The Labute approximate surface area is 118 Å². The topological polar surface area (TPSA) is 56.2 Å². The summed E-state index contributed by atoms with van der Waals surface area (Å²) in [6, 6.07) is 8.19. The van der Waals surface area contributed by atoms with Crippen LogP contribution in [0.2, 0.25) is 0 Å². The number of benzene rings is 1. The number of rotatable bonds is 1. The van der Waals surface area contributed by atoms with Gasteiger partial charge in [-0.25, -0.2) is 9.97 Å². The Kier molecular flexibility index (Phi) is 4.15. The van der Waals surface area contributed by atoms with Crippen LogP contribution in [0.15, 0.2) is 55.5 Å². The first-order valence-electron chi connectivity index (χ1n) is 6.39. The van der Waals surface area contributed by atoms with Gasteiger partial charge in [-0.1, -0.05) is 29.8 Å². The molecule has 0 aliphatic rings. The summed E-state index contributed by atoms with van der Waals surface area (Å²) in [6.45, 7) is 7.31. The van der Waals surface area contributed by atoms with E-state index in [1.165, 1.54) is 5.56 Å². The second-order valence-corrected chi connectivity index (χ2v) is 4.45. The number of nitrogens with two attached hydrogens (primary N) is 1. The van der Waals surface area contributed by atoms with Crippen LogP contribution < -0.4 is 5.73 Å². The first-order valence-corrected chi connectivity index (χ1v) is 6.39. The fourth-order valence-electron chi connectivity index (χ4n) is 1.90. The molecule has 0 aliphatic carbocycles. The number of aromatic nitrogens is 3. The summed E-state index contributed by atoms with van der Waals surface area (Å²) in [5, 5.41) is 0. The van der Waals surface area contributed by atoms with Crippen molar-refractivity contribution in [1.82, 2.24) is 14.4 Å². The van der Waals surface area contributed by atoms with Crippen molar-refractivity contribution < 1.29 is 0 Å². The normalized spacial score (nSPS) is 9.90. The molecule has 2 heterocycles. The molecule has 4 heteroatoms. The molecular weight excluding hydrogens is 248 g/mol. The standard InChI is InChI=1S/C13H12N4.C3H6/c1-9-3-2-4-10(7-9)11-8-17-6-5-15-13(17)12(14)16-11;1-3-2/h2-8H,1H3,(H2,14,16);3H,1H2,2H3. The Morgan fingerprint density at radius 1 is 1.35 bits per heavy atom. The van der Waals surface area contributed by atoms with Crippen LogP contribution in [0.3, 0.4) is 0 Å². The molecule has 0 unspecified atom stereocenters. The number of aryl methyl sites for hydroxylation is 1. The summed E-state index contributed by atoms with van der Waals surface area (Å²) < 4.78 is 1.89. The van der Waals surface area contributed by atoms with Gasteiger partial charge in [0.1, 0.15) is 0 Å². The third-order valence-corrected chi connectivity index (χ3v) is 2.71. The molecule has 0 saturated carbocycles. The van der Waals surface area contributed by atoms with Gasteiger partial charge in [0.05, 0.1) is 5.69 Å². The predicted molar refractivity (Wildman–Crippen MR) is 83.4 cm³/mol. The number of hydrogen-bond acceptors (Lipinski definition) is 3. The van der Waals surface area contributed by atoms with Gasteiger partial charge in [0, 0.05) is 24.2 Å². The van der Waals surface area contributed by atoms with Gasteiger partial charge in [0.25, 0.3) is 0 Å². The van der Waals surface area contributed by atoms with E-state index >= 15 is 0 Å². The quantitative estimate of drug-likeness (QED) is 0.686. The van der Waals surface area contributed by atoms with Crippen molar-refractivity contribution in [1.29, 1.82) is 0 Å². The Bertz CT molecular complexity index is 728.